The molecule has 0 saturated heterocycles. The van der Waals surface area contributed by atoms with Crippen LogP contribution in [0.15, 0.2) is 42.6 Å². The van der Waals surface area contributed by atoms with Crippen LogP contribution in [-0.4, -0.2) is 16.1 Å². The Bertz CT molecular complexity index is 547. The molecule has 1 heterocycles. The van der Waals surface area contributed by atoms with Crippen LogP contribution in [0.5, 0.6) is 0 Å². The molecule has 0 spiro atoms. The summed E-state index contributed by atoms with van der Waals surface area (Å²) in [6.07, 6.45) is 3.08. The van der Waals surface area contributed by atoms with Gasteiger partial charge in [-0.3, -0.25) is 4.98 Å². The Morgan fingerprint density at radius 2 is 1.89 bits per heavy atom. The molecule has 0 unspecified atom stereocenters. The molecule has 1 aromatic heterocycles. The largest absolute Gasteiger partial charge is 0.478 e. The molecule has 0 radical (unpaired) electrons. The first-order valence-electron chi connectivity index (χ1n) is 5.89. The van der Waals surface area contributed by atoms with Gasteiger partial charge in [-0.25, -0.2) is 4.79 Å². The number of carbonyl (C=O) groups is 1. The van der Waals surface area contributed by atoms with Gasteiger partial charge in [0, 0.05) is 6.20 Å². The number of aromatic nitrogens is 1. The first-order valence-corrected chi connectivity index (χ1v) is 5.89. The highest BCUT2D eigenvalue weighted by atomic mass is 16.4. The monoisotopic (exact) mass is 241 g/mol. The molecule has 0 saturated carbocycles. The van der Waals surface area contributed by atoms with Crippen molar-refractivity contribution >= 4 is 5.97 Å². The average Bonchev–Trinajstić information content (AvgIpc) is 2.38. The van der Waals surface area contributed by atoms with Crippen LogP contribution in [0.4, 0.5) is 0 Å². The van der Waals surface area contributed by atoms with Crippen LogP contribution in [-0.2, 0) is 12.8 Å². The van der Waals surface area contributed by atoms with Gasteiger partial charge in [0.15, 0.2) is 0 Å². The third-order valence-corrected chi connectivity index (χ3v) is 2.89. The van der Waals surface area contributed by atoms with Crippen molar-refractivity contribution in [3.63, 3.8) is 0 Å². The van der Waals surface area contributed by atoms with Gasteiger partial charge in [-0.1, -0.05) is 29.8 Å². The lowest BCUT2D eigenvalue weighted by Gasteiger charge is -2.05. The van der Waals surface area contributed by atoms with Gasteiger partial charge in [0.05, 0.1) is 11.3 Å². The van der Waals surface area contributed by atoms with Gasteiger partial charge in [0.25, 0.3) is 0 Å². The zero-order chi connectivity index (χ0) is 13.0. The Morgan fingerprint density at radius 1 is 1.17 bits per heavy atom. The van der Waals surface area contributed by atoms with Gasteiger partial charge >= 0.3 is 5.97 Å². The van der Waals surface area contributed by atoms with Gasteiger partial charge in [-0.05, 0) is 37.5 Å². The lowest BCUT2D eigenvalue weighted by Crippen LogP contribution is -2.05. The van der Waals surface area contributed by atoms with E-state index in [0.29, 0.717) is 17.7 Å². The van der Waals surface area contributed by atoms with E-state index >= 15 is 0 Å². The summed E-state index contributed by atoms with van der Waals surface area (Å²) in [6.45, 7) is 2.05. The van der Waals surface area contributed by atoms with Crippen LogP contribution >= 0.6 is 0 Å². The Labute approximate surface area is 106 Å². The summed E-state index contributed by atoms with van der Waals surface area (Å²) >= 11 is 0. The van der Waals surface area contributed by atoms with Crippen molar-refractivity contribution in [2.75, 3.05) is 0 Å². The number of aromatic carboxylic acids is 1. The third kappa shape index (κ3) is 2.94. The summed E-state index contributed by atoms with van der Waals surface area (Å²) in [5, 5.41) is 9.06. The van der Waals surface area contributed by atoms with Gasteiger partial charge in [0.1, 0.15) is 0 Å². The van der Waals surface area contributed by atoms with Crippen LogP contribution < -0.4 is 0 Å². The third-order valence-electron chi connectivity index (χ3n) is 2.89. The minimum atomic E-state index is -0.915. The highest BCUT2D eigenvalue weighted by Gasteiger charge is 2.10. The number of hydrogen-bond donors (Lipinski definition) is 1. The molecule has 0 amide bonds. The van der Waals surface area contributed by atoms with E-state index in [0.717, 1.165) is 6.42 Å². The summed E-state index contributed by atoms with van der Waals surface area (Å²) in [6, 6.07) is 11.5. The number of pyridine rings is 1. The molecule has 3 nitrogen and oxygen atoms in total. The fourth-order valence-electron chi connectivity index (χ4n) is 1.85. The zero-order valence-corrected chi connectivity index (χ0v) is 10.3. The maximum Gasteiger partial charge on any atom is 0.337 e. The Morgan fingerprint density at radius 3 is 2.56 bits per heavy atom. The van der Waals surface area contributed by atoms with Crippen molar-refractivity contribution in [3.05, 3.63) is 65.0 Å². The van der Waals surface area contributed by atoms with Gasteiger partial charge < -0.3 is 5.11 Å². The maximum absolute atomic E-state index is 11.0. The van der Waals surface area contributed by atoms with Crippen molar-refractivity contribution in [1.29, 1.82) is 0 Å². The van der Waals surface area contributed by atoms with Crippen LogP contribution in [0.25, 0.3) is 0 Å². The van der Waals surface area contributed by atoms with Crippen molar-refractivity contribution in [2.45, 2.75) is 19.8 Å². The molecule has 0 aliphatic rings. The van der Waals surface area contributed by atoms with Gasteiger partial charge in [0.2, 0.25) is 0 Å². The van der Waals surface area contributed by atoms with Crippen molar-refractivity contribution in [1.82, 2.24) is 4.98 Å². The highest BCUT2D eigenvalue weighted by Crippen LogP contribution is 2.11. The molecule has 0 aliphatic carbocycles. The molecule has 3 heteroatoms. The lowest BCUT2D eigenvalue weighted by molar-refractivity contribution is 0.0695. The Balaban J connectivity index is 2.10. The number of carboxylic acid groups (broad SMARTS) is 1. The first-order chi connectivity index (χ1) is 8.66. The standard InChI is InChI=1S/C15H15NO2/c1-11-4-6-12(7-5-11)8-9-14-13(15(17)18)3-2-10-16-14/h2-7,10H,8-9H2,1H3,(H,17,18). The molecule has 2 rings (SSSR count). The normalized spacial score (nSPS) is 10.3. The van der Waals surface area contributed by atoms with E-state index in [1.165, 1.54) is 11.1 Å². The van der Waals surface area contributed by atoms with Crippen LogP contribution in [0.2, 0.25) is 0 Å². The number of carboxylic acids is 1. The zero-order valence-electron chi connectivity index (χ0n) is 10.3. The van der Waals surface area contributed by atoms with E-state index in [4.69, 9.17) is 5.11 Å². The summed E-state index contributed by atoms with van der Waals surface area (Å²) < 4.78 is 0. The minimum Gasteiger partial charge on any atom is -0.478 e. The topological polar surface area (TPSA) is 50.2 Å². The Hall–Kier alpha value is -2.16. The molecular formula is C15H15NO2. The average molecular weight is 241 g/mol. The molecule has 1 N–H and O–H groups in total. The number of rotatable bonds is 4. The molecular weight excluding hydrogens is 226 g/mol. The van der Waals surface area contributed by atoms with Crippen molar-refractivity contribution in [3.8, 4) is 0 Å². The lowest BCUT2D eigenvalue weighted by atomic mass is 10.0. The maximum atomic E-state index is 11.0. The van der Waals surface area contributed by atoms with Crippen molar-refractivity contribution in [2.24, 2.45) is 0 Å². The molecule has 92 valence electrons. The quantitative estimate of drug-likeness (QED) is 0.895. The Kier molecular flexibility index (Phi) is 3.72. The van der Waals surface area contributed by atoms with E-state index in [1.807, 2.05) is 6.92 Å². The van der Waals surface area contributed by atoms with Gasteiger partial charge in [-0.15, -0.1) is 0 Å². The number of aryl methyl sites for hydroxylation is 3. The summed E-state index contributed by atoms with van der Waals surface area (Å²) in [5.41, 5.74) is 3.36. The predicted octanol–water partition coefficient (Wildman–Crippen LogP) is 2.87. The number of benzene rings is 1. The fourth-order valence-corrected chi connectivity index (χ4v) is 1.85. The molecule has 0 aliphatic heterocycles. The SMILES string of the molecule is Cc1ccc(CCc2ncccc2C(=O)O)cc1. The highest BCUT2D eigenvalue weighted by molar-refractivity contribution is 5.88. The van der Waals surface area contributed by atoms with E-state index in [1.54, 1.807) is 18.3 Å². The molecule has 0 bridgehead atoms. The molecule has 0 fully saturated rings. The fraction of sp³-hybridized carbons (Fsp3) is 0.200. The predicted molar refractivity (Wildman–Crippen MR) is 69.8 cm³/mol. The molecule has 1 aromatic carbocycles. The van der Waals surface area contributed by atoms with Crippen molar-refractivity contribution < 1.29 is 9.90 Å². The van der Waals surface area contributed by atoms with E-state index < -0.39 is 5.97 Å². The summed E-state index contributed by atoms with van der Waals surface area (Å²) in [5.74, 6) is -0.915. The molecule has 2 aromatic rings. The smallest absolute Gasteiger partial charge is 0.337 e. The number of nitrogens with zero attached hydrogens (tertiary/aromatic N) is 1. The summed E-state index contributed by atoms with van der Waals surface area (Å²) in [4.78, 5) is 15.2. The second kappa shape index (κ2) is 5.45. The van der Waals surface area contributed by atoms with E-state index in [-0.39, 0.29) is 0 Å². The van der Waals surface area contributed by atoms with E-state index in [9.17, 15) is 4.79 Å². The van der Waals surface area contributed by atoms with Crippen LogP contribution in [0.3, 0.4) is 0 Å². The minimum absolute atomic E-state index is 0.296. The number of hydrogen-bond acceptors (Lipinski definition) is 2. The second-order valence-corrected chi connectivity index (χ2v) is 4.29. The first kappa shape index (κ1) is 12.3. The molecule has 18 heavy (non-hydrogen) atoms. The second-order valence-electron chi connectivity index (χ2n) is 4.29. The summed E-state index contributed by atoms with van der Waals surface area (Å²) in [7, 11) is 0. The van der Waals surface area contributed by atoms with Crippen LogP contribution in [0, 0.1) is 6.92 Å². The van der Waals surface area contributed by atoms with Gasteiger partial charge in [-0.2, -0.15) is 0 Å². The van der Waals surface area contributed by atoms with E-state index in [2.05, 4.69) is 29.2 Å². The van der Waals surface area contributed by atoms with Crippen LogP contribution in [0.1, 0.15) is 27.2 Å². The molecule has 0 atom stereocenters.